The summed E-state index contributed by atoms with van der Waals surface area (Å²) in [7, 11) is 0. The van der Waals surface area contributed by atoms with Gasteiger partial charge in [-0.05, 0) is 29.9 Å². The highest BCUT2D eigenvalue weighted by Gasteiger charge is 2.24. The quantitative estimate of drug-likeness (QED) is 0.618. The summed E-state index contributed by atoms with van der Waals surface area (Å²) in [5.74, 6) is 0.797. The number of aliphatic imine (C=N–C) groups is 1. The molecule has 0 spiro atoms. The molecule has 0 saturated heterocycles. The lowest BCUT2D eigenvalue weighted by molar-refractivity contribution is 0.367. The van der Waals surface area contributed by atoms with Crippen molar-refractivity contribution in [3.63, 3.8) is 0 Å². The van der Waals surface area contributed by atoms with E-state index in [0.717, 1.165) is 12.5 Å². The maximum atomic E-state index is 5.05. The molecule has 1 nitrogen and oxygen atoms in total. The second kappa shape index (κ2) is 5.48. The third-order valence-electron chi connectivity index (χ3n) is 4.89. The molecule has 0 atom stereocenters. The Morgan fingerprint density at radius 2 is 1.24 bits per heavy atom. The fourth-order valence-electron chi connectivity index (χ4n) is 3.75. The largest absolute Gasteiger partial charge is 0.284 e. The summed E-state index contributed by atoms with van der Waals surface area (Å²) in [4.78, 5) is 5.05. The molecular formula is C20H21N. The van der Waals surface area contributed by atoms with Crippen molar-refractivity contribution in [3.05, 3.63) is 59.7 Å². The van der Waals surface area contributed by atoms with Gasteiger partial charge in [0.2, 0.25) is 0 Å². The topological polar surface area (TPSA) is 12.4 Å². The van der Waals surface area contributed by atoms with Crippen molar-refractivity contribution in [1.82, 2.24) is 0 Å². The molecule has 1 saturated carbocycles. The van der Waals surface area contributed by atoms with Crippen LogP contribution in [-0.4, -0.2) is 12.3 Å². The molecule has 1 heteroatoms. The molecule has 1 fully saturated rings. The third kappa shape index (κ3) is 2.31. The van der Waals surface area contributed by atoms with E-state index < -0.39 is 0 Å². The zero-order valence-corrected chi connectivity index (χ0v) is 12.4. The molecule has 2 aliphatic carbocycles. The first kappa shape index (κ1) is 12.8. The summed E-state index contributed by atoms with van der Waals surface area (Å²) in [6, 6.07) is 17.4. The Labute approximate surface area is 126 Å². The summed E-state index contributed by atoms with van der Waals surface area (Å²) in [5.41, 5.74) is 6.53. The SMILES string of the molecule is c1ccc2c(c1)C(=NCC1CCCCC1)c1ccccc1-2. The van der Waals surface area contributed by atoms with E-state index in [1.807, 2.05) is 0 Å². The van der Waals surface area contributed by atoms with E-state index in [1.165, 1.54) is 60.1 Å². The van der Waals surface area contributed by atoms with E-state index in [9.17, 15) is 0 Å². The van der Waals surface area contributed by atoms with Gasteiger partial charge in [0.15, 0.2) is 0 Å². The van der Waals surface area contributed by atoms with Gasteiger partial charge in [-0.15, -0.1) is 0 Å². The summed E-state index contributed by atoms with van der Waals surface area (Å²) in [5, 5.41) is 0. The Kier molecular flexibility index (Phi) is 3.34. The van der Waals surface area contributed by atoms with Crippen LogP contribution < -0.4 is 0 Å². The second-order valence-electron chi connectivity index (χ2n) is 6.28. The minimum atomic E-state index is 0.797. The summed E-state index contributed by atoms with van der Waals surface area (Å²) in [6.07, 6.45) is 6.92. The van der Waals surface area contributed by atoms with Crippen LogP contribution in [-0.2, 0) is 0 Å². The van der Waals surface area contributed by atoms with Gasteiger partial charge in [0, 0.05) is 17.7 Å². The number of hydrogen-bond acceptors (Lipinski definition) is 1. The number of rotatable bonds is 2. The van der Waals surface area contributed by atoms with Gasteiger partial charge in [0.25, 0.3) is 0 Å². The smallest absolute Gasteiger partial charge is 0.0731 e. The van der Waals surface area contributed by atoms with Crippen molar-refractivity contribution in [2.24, 2.45) is 10.9 Å². The average Bonchev–Trinajstić information content (AvgIpc) is 2.88. The Morgan fingerprint density at radius 1 is 0.714 bits per heavy atom. The van der Waals surface area contributed by atoms with E-state index in [-0.39, 0.29) is 0 Å². The lowest BCUT2D eigenvalue weighted by Gasteiger charge is -2.19. The molecule has 0 heterocycles. The molecule has 2 aromatic carbocycles. The molecule has 0 radical (unpaired) electrons. The van der Waals surface area contributed by atoms with E-state index in [0.29, 0.717) is 0 Å². The molecule has 0 N–H and O–H groups in total. The first-order valence-corrected chi connectivity index (χ1v) is 8.17. The Hall–Kier alpha value is -1.89. The zero-order valence-electron chi connectivity index (χ0n) is 12.4. The van der Waals surface area contributed by atoms with E-state index in [4.69, 9.17) is 4.99 Å². The summed E-state index contributed by atoms with van der Waals surface area (Å²) >= 11 is 0. The standard InChI is InChI=1S/C20H21N/c1-2-8-15(9-3-1)14-21-20-18-12-6-4-10-16(18)17-11-5-7-13-19(17)20/h4-7,10-13,15H,1-3,8-9,14H2. The van der Waals surface area contributed by atoms with Crippen molar-refractivity contribution in [2.45, 2.75) is 32.1 Å². The second-order valence-corrected chi connectivity index (χ2v) is 6.28. The number of nitrogens with zero attached hydrogens (tertiary/aromatic N) is 1. The van der Waals surface area contributed by atoms with Crippen molar-refractivity contribution in [1.29, 1.82) is 0 Å². The lowest BCUT2D eigenvalue weighted by Crippen LogP contribution is -2.11. The molecular weight excluding hydrogens is 254 g/mol. The molecule has 4 rings (SSSR count). The monoisotopic (exact) mass is 275 g/mol. The van der Waals surface area contributed by atoms with Gasteiger partial charge in [-0.25, -0.2) is 0 Å². The van der Waals surface area contributed by atoms with Crippen molar-refractivity contribution in [2.75, 3.05) is 6.54 Å². The molecule has 0 bridgehead atoms. The summed E-state index contributed by atoms with van der Waals surface area (Å²) in [6.45, 7) is 0.998. The van der Waals surface area contributed by atoms with Gasteiger partial charge in [0.1, 0.15) is 0 Å². The molecule has 0 amide bonds. The fourth-order valence-corrected chi connectivity index (χ4v) is 3.75. The normalized spacial score (nSPS) is 17.4. The minimum absolute atomic E-state index is 0.797. The van der Waals surface area contributed by atoms with Gasteiger partial charge in [0.05, 0.1) is 5.71 Å². The third-order valence-corrected chi connectivity index (χ3v) is 4.89. The van der Waals surface area contributed by atoms with Gasteiger partial charge >= 0.3 is 0 Å². The highest BCUT2D eigenvalue weighted by molar-refractivity contribution is 6.24. The molecule has 21 heavy (non-hydrogen) atoms. The van der Waals surface area contributed by atoms with E-state index >= 15 is 0 Å². The van der Waals surface area contributed by atoms with Crippen molar-refractivity contribution < 1.29 is 0 Å². The molecule has 2 aliphatic rings. The maximum Gasteiger partial charge on any atom is 0.0731 e. The van der Waals surface area contributed by atoms with Crippen LogP contribution in [0.4, 0.5) is 0 Å². The number of benzene rings is 2. The Bertz CT molecular complexity index is 630. The van der Waals surface area contributed by atoms with Gasteiger partial charge in [-0.1, -0.05) is 67.8 Å². The van der Waals surface area contributed by atoms with Gasteiger partial charge in [-0.3, -0.25) is 4.99 Å². The average molecular weight is 275 g/mol. The predicted molar refractivity (Wildman–Crippen MR) is 89.0 cm³/mol. The van der Waals surface area contributed by atoms with Crippen LogP contribution in [0, 0.1) is 5.92 Å². The van der Waals surface area contributed by atoms with Crippen LogP contribution in [0.15, 0.2) is 53.5 Å². The van der Waals surface area contributed by atoms with Crippen molar-refractivity contribution >= 4 is 5.71 Å². The first-order valence-electron chi connectivity index (χ1n) is 8.17. The predicted octanol–water partition coefficient (Wildman–Crippen LogP) is 5.08. The molecule has 106 valence electrons. The van der Waals surface area contributed by atoms with Crippen LogP contribution in [0.1, 0.15) is 43.2 Å². The minimum Gasteiger partial charge on any atom is -0.284 e. The molecule has 2 aromatic rings. The van der Waals surface area contributed by atoms with Crippen molar-refractivity contribution in [3.8, 4) is 11.1 Å². The van der Waals surface area contributed by atoms with Gasteiger partial charge < -0.3 is 0 Å². The molecule has 0 unspecified atom stereocenters. The Morgan fingerprint density at radius 3 is 1.81 bits per heavy atom. The van der Waals surface area contributed by atoms with Crippen LogP contribution in [0.3, 0.4) is 0 Å². The van der Waals surface area contributed by atoms with Gasteiger partial charge in [-0.2, -0.15) is 0 Å². The highest BCUT2D eigenvalue weighted by Crippen LogP contribution is 2.37. The van der Waals surface area contributed by atoms with E-state index in [2.05, 4.69) is 48.5 Å². The number of fused-ring (bicyclic) bond motifs is 3. The lowest BCUT2D eigenvalue weighted by atomic mass is 9.89. The zero-order chi connectivity index (χ0) is 14.1. The van der Waals surface area contributed by atoms with Crippen LogP contribution in [0.5, 0.6) is 0 Å². The highest BCUT2D eigenvalue weighted by atomic mass is 14.8. The van der Waals surface area contributed by atoms with Crippen LogP contribution >= 0.6 is 0 Å². The van der Waals surface area contributed by atoms with E-state index in [1.54, 1.807) is 0 Å². The first-order chi connectivity index (χ1) is 10.4. The molecule has 0 aliphatic heterocycles. The summed E-state index contributed by atoms with van der Waals surface area (Å²) < 4.78 is 0. The van der Waals surface area contributed by atoms with Crippen LogP contribution in [0.2, 0.25) is 0 Å². The van der Waals surface area contributed by atoms with Crippen LogP contribution in [0.25, 0.3) is 11.1 Å². The Balaban J connectivity index is 1.71. The fraction of sp³-hybridized carbons (Fsp3) is 0.350. The number of hydrogen-bond donors (Lipinski definition) is 0. The molecule has 0 aromatic heterocycles. The maximum absolute atomic E-state index is 5.05.